The van der Waals surface area contributed by atoms with Gasteiger partial charge in [0.25, 0.3) is 0 Å². The summed E-state index contributed by atoms with van der Waals surface area (Å²) in [6.07, 6.45) is 5.87. The molecule has 1 aliphatic carbocycles. The molecule has 1 aliphatic rings. The van der Waals surface area contributed by atoms with Gasteiger partial charge >= 0.3 is 0 Å². The number of unbranched alkanes of at least 4 members (excludes halogenated alkanes) is 1. The van der Waals surface area contributed by atoms with Crippen molar-refractivity contribution >= 4 is 22.9 Å². The molecule has 1 N–H and O–H groups in total. The molecule has 0 aromatic carbocycles. The first kappa shape index (κ1) is 14.3. The third-order valence-corrected chi connectivity index (χ3v) is 4.69. The second-order valence-electron chi connectivity index (χ2n) is 4.79. The van der Waals surface area contributed by atoms with Crippen molar-refractivity contribution in [1.82, 2.24) is 5.32 Å². The maximum Gasteiger partial charge on any atom is 0.0934 e. The Morgan fingerprint density at radius 2 is 2.28 bits per heavy atom. The molecule has 1 atom stereocenters. The Hall–Kier alpha value is -0.0900. The maximum absolute atomic E-state index is 6.05. The lowest BCUT2D eigenvalue weighted by Crippen LogP contribution is -2.21. The van der Waals surface area contributed by atoms with Gasteiger partial charge in [0.05, 0.1) is 4.34 Å². The number of fused-ring (bicyclic) bond motifs is 1. The van der Waals surface area contributed by atoms with E-state index in [0.29, 0.717) is 6.04 Å². The van der Waals surface area contributed by atoms with Gasteiger partial charge in [0.15, 0.2) is 0 Å². The molecule has 1 unspecified atom stereocenters. The zero-order chi connectivity index (χ0) is 12.8. The molecular formula is C14H22ClNOS. The Kier molecular flexibility index (Phi) is 5.96. The van der Waals surface area contributed by atoms with E-state index in [1.54, 1.807) is 11.3 Å². The molecule has 2 rings (SSSR count). The molecule has 1 aromatic heterocycles. The van der Waals surface area contributed by atoms with Crippen molar-refractivity contribution in [3.05, 3.63) is 20.8 Å². The molecule has 0 bridgehead atoms. The summed E-state index contributed by atoms with van der Waals surface area (Å²) in [6, 6.07) is 2.64. The van der Waals surface area contributed by atoms with Crippen LogP contribution >= 0.6 is 22.9 Å². The number of nitrogens with one attached hydrogen (secondary N) is 1. The molecule has 102 valence electrons. The summed E-state index contributed by atoms with van der Waals surface area (Å²) >= 11 is 7.78. The number of thiophene rings is 1. The highest BCUT2D eigenvalue weighted by Crippen LogP contribution is 2.39. The van der Waals surface area contributed by atoms with Crippen molar-refractivity contribution in [2.45, 2.75) is 45.1 Å². The van der Waals surface area contributed by atoms with Gasteiger partial charge in [-0.1, -0.05) is 24.9 Å². The predicted octanol–water partition coefficient (Wildman–Crippen LogP) is 4.19. The van der Waals surface area contributed by atoms with Crippen LogP contribution in [0.25, 0.3) is 0 Å². The van der Waals surface area contributed by atoms with Crippen LogP contribution in [0, 0.1) is 0 Å². The molecule has 4 heteroatoms. The first-order valence-electron chi connectivity index (χ1n) is 6.90. The number of rotatable bonds is 8. The van der Waals surface area contributed by atoms with Crippen molar-refractivity contribution < 1.29 is 4.74 Å². The first-order chi connectivity index (χ1) is 8.81. The molecule has 1 heterocycles. The zero-order valence-electron chi connectivity index (χ0n) is 11.0. The minimum Gasteiger partial charge on any atom is -0.381 e. The SMILES string of the molecule is CCCCOCCCNC1CCc2sc(Cl)cc21. The van der Waals surface area contributed by atoms with Crippen LogP contribution in [0.5, 0.6) is 0 Å². The van der Waals surface area contributed by atoms with Gasteiger partial charge < -0.3 is 10.1 Å². The lowest BCUT2D eigenvalue weighted by atomic mass is 10.2. The second-order valence-corrected chi connectivity index (χ2v) is 6.56. The fourth-order valence-corrected chi connectivity index (χ4v) is 3.70. The van der Waals surface area contributed by atoms with E-state index in [4.69, 9.17) is 16.3 Å². The number of hydrogen-bond donors (Lipinski definition) is 1. The van der Waals surface area contributed by atoms with Crippen molar-refractivity contribution in [2.75, 3.05) is 19.8 Å². The molecule has 0 saturated carbocycles. The quantitative estimate of drug-likeness (QED) is 0.724. The fraction of sp³-hybridized carbons (Fsp3) is 0.714. The summed E-state index contributed by atoms with van der Waals surface area (Å²) in [7, 11) is 0. The van der Waals surface area contributed by atoms with Crippen LogP contribution in [0.2, 0.25) is 4.34 Å². The number of hydrogen-bond acceptors (Lipinski definition) is 3. The summed E-state index contributed by atoms with van der Waals surface area (Å²) in [6.45, 7) is 5.00. The highest BCUT2D eigenvalue weighted by molar-refractivity contribution is 7.16. The Balaban J connectivity index is 1.60. The van der Waals surface area contributed by atoms with Gasteiger partial charge in [0.2, 0.25) is 0 Å². The van der Waals surface area contributed by atoms with E-state index in [1.165, 1.54) is 36.1 Å². The van der Waals surface area contributed by atoms with Gasteiger partial charge in [-0.15, -0.1) is 11.3 Å². The van der Waals surface area contributed by atoms with Gasteiger partial charge in [-0.05, 0) is 43.9 Å². The average molecular weight is 288 g/mol. The van der Waals surface area contributed by atoms with Crippen LogP contribution in [0.3, 0.4) is 0 Å². The summed E-state index contributed by atoms with van der Waals surface area (Å²) in [4.78, 5) is 1.47. The lowest BCUT2D eigenvalue weighted by molar-refractivity contribution is 0.128. The molecular weight excluding hydrogens is 266 g/mol. The smallest absolute Gasteiger partial charge is 0.0934 e. The highest BCUT2D eigenvalue weighted by Gasteiger charge is 2.24. The standard InChI is InChI=1S/C14H22ClNOS/c1-2-3-8-17-9-4-7-16-12-5-6-13-11(12)10-14(15)18-13/h10,12,16H,2-9H2,1H3. The number of aryl methyl sites for hydroxylation is 1. The molecule has 0 amide bonds. The summed E-state index contributed by atoms with van der Waals surface area (Å²) in [5, 5.41) is 3.61. The second kappa shape index (κ2) is 7.49. The normalized spacial score (nSPS) is 18.2. The number of halogens is 1. The topological polar surface area (TPSA) is 21.3 Å². The first-order valence-corrected chi connectivity index (χ1v) is 8.10. The minimum absolute atomic E-state index is 0.513. The number of ether oxygens (including phenoxy) is 1. The zero-order valence-corrected chi connectivity index (χ0v) is 12.6. The van der Waals surface area contributed by atoms with Crippen LogP contribution in [0.15, 0.2) is 6.07 Å². The van der Waals surface area contributed by atoms with E-state index in [2.05, 4.69) is 18.3 Å². The Bertz CT molecular complexity index is 367. The third-order valence-electron chi connectivity index (χ3n) is 3.35. The predicted molar refractivity (Wildman–Crippen MR) is 78.7 cm³/mol. The fourth-order valence-electron chi connectivity index (χ4n) is 2.34. The van der Waals surface area contributed by atoms with Gasteiger partial charge in [-0.2, -0.15) is 0 Å². The Labute approximate surface area is 119 Å². The molecule has 0 radical (unpaired) electrons. The van der Waals surface area contributed by atoms with E-state index in [1.807, 2.05) is 0 Å². The largest absolute Gasteiger partial charge is 0.381 e. The van der Waals surface area contributed by atoms with Crippen LogP contribution in [-0.2, 0) is 11.2 Å². The van der Waals surface area contributed by atoms with Gasteiger partial charge in [-0.3, -0.25) is 0 Å². The molecule has 0 saturated heterocycles. The summed E-state index contributed by atoms with van der Waals surface area (Å²) in [5.41, 5.74) is 1.43. The van der Waals surface area contributed by atoms with Crippen molar-refractivity contribution in [1.29, 1.82) is 0 Å². The molecule has 18 heavy (non-hydrogen) atoms. The van der Waals surface area contributed by atoms with Gasteiger partial charge in [0.1, 0.15) is 0 Å². The van der Waals surface area contributed by atoms with Gasteiger partial charge in [0, 0.05) is 24.1 Å². The van der Waals surface area contributed by atoms with E-state index in [-0.39, 0.29) is 0 Å². The van der Waals surface area contributed by atoms with Crippen LogP contribution in [0.4, 0.5) is 0 Å². The van der Waals surface area contributed by atoms with E-state index < -0.39 is 0 Å². The average Bonchev–Trinajstić information content (AvgIpc) is 2.88. The van der Waals surface area contributed by atoms with Gasteiger partial charge in [-0.25, -0.2) is 0 Å². The molecule has 1 aromatic rings. The Morgan fingerprint density at radius 3 is 3.11 bits per heavy atom. The monoisotopic (exact) mass is 287 g/mol. The maximum atomic E-state index is 6.05. The van der Waals surface area contributed by atoms with E-state index in [9.17, 15) is 0 Å². The van der Waals surface area contributed by atoms with Crippen molar-refractivity contribution in [2.24, 2.45) is 0 Å². The van der Waals surface area contributed by atoms with E-state index >= 15 is 0 Å². The van der Waals surface area contributed by atoms with Crippen molar-refractivity contribution in [3.8, 4) is 0 Å². The minimum atomic E-state index is 0.513. The van der Waals surface area contributed by atoms with Crippen LogP contribution in [-0.4, -0.2) is 19.8 Å². The Morgan fingerprint density at radius 1 is 1.44 bits per heavy atom. The highest BCUT2D eigenvalue weighted by atomic mass is 35.5. The third kappa shape index (κ3) is 3.95. The lowest BCUT2D eigenvalue weighted by Gasteiger charge is -2.12. The summed E-state index contributed by atoms with van der Waals surface area (Å²) in [5.74, 6) is 0. The van der Waals surface area contributed by atoms with E-state index in [0.717, 1.165) is 30.5 Å². The molecule has 2 nitrogen and oxygen atoms in total. The molecule has 0 aliphatic heterocycles. The molecule has 0 fully saturated rings. The van der Waals surface area contributed by atoms with Crippen molar-refractivity contribution in [3.63, 3.8) is 0 Å². The van der Waals surface area contributed by atoms with Crippen LogP contribution in [0.1, 0.15) is 49.1 Å². The summed E-state index contributed by atoms with van der Waals surface area (Å²) < 4.78 is 6.48. The van der Waals surface area contributed by atoms with Crippen LogP contribution < -0.4 is 5.32 Å². The molecule has 0 spiro atoms.